The van der Waals surface area contributed by atoms with Gasteiger partial charge in [0.15, 0.2) is 0 Å². The Labute approximate surface area is 105 Å². The lowest BCUT2D eigenvalue weighted by Crippen LogP contribution is -2.36. The fourth-order valence-electron chi connectivity index (χ4n) is 1.86. The van der Waals surface area contributed by atoms with Crippen LogP contribution in [0.15, 0.2) is 49.1 Å². The van der Waals surface area contributed by atoms with E-state index in [4.69, 9.17) is 0 Å². The van der Waals surface area contributed by atoms with E-state index in [1.54, 1.807) is 30.3 Å². The number of imide groups is 1. The highest BCUT2D eigenvalue weighted by Crippen LogP contribution is 2.22. The second kappa shape index (κ2) is 4.98. The van der Waals surface area contributed by atoms with Gasteiger partial charge in [-0.1, -0.05) is 36.9 Å². The number of carbonyl (C=O) groups is 2. The lowest BCUT2D eigenvalue weighted by Gasteiger charge is -2.15. The van der Waals surface area contributed by atoms with E-state index in [2.05, 4.69) is 6.58 Å². The molecule has 1 N–H and O–H groups in total. The normalized spacial score (nSPS) is 16.2. The van der Waals surface area contributed by atoms with Crippen molar-refractivity contribution >= 4 is 11.8 Å². The highest BCUT2D eigenvalue weighted by Gasteiger charge is 2.35. The number of aliphatic hydroxyl groups is 1. The number of hydrogen-bond donors (Lipinski definition) is 1. The second-order valence-electron chi connectivity index (χ2n) is 3.95. The van der Waals surface area contributed by atoms with Gasteiger partial charge in [-0.3, -0.25) is 14.5 Å². The minimum absolute atomic E-state index is 0.0450. The number of benzene rings is 1. The van der Waals surface area contributed by atoms with Gasteiger partial charge >= 0.3 is 0 Å². The SMILES string of the molecule is C=CC=CC(O)CN1C(=O)c2ccccc2C1=O. The molecule has 0 bridgehead atoms. The van der Waals surface area contributed by atoms with Gasteiger partial charge in [-0.25, -0.2) is 0 Å². The number of aliphatic hydroxyl groups excluding tert-OH is 1. The fourth-order valence-corrected chi connectivity index (χ4v) is 1.86. The molecule has 0 aromatic heterocycles. The van der Waals surface area contributed by atoms with Gasteiger partial charge < -0.3 is 5.11 Å². The molecule has 1 atom stereocenters. The molecule has 92 valence electrons. The summed E-state index contributed by atoms with van der Waals surface area (Å²) in [7, 11) is 0. The number of fused-ring (bicyclic) bond motifs is 1. The topological polar surface area (TPSA) is 57.6 Å². The summed E-state index contributed by atoms with van der Waals surface area (Å²) >= 11 is 0. The third-order valence-corrected chi connectivity index (χ3v) is 2.72. The summed E-state index contributed by atoms with van der Waals surface area (Å²) in [6, 6.07) is 6.65. The van der Waals surface area contributed by atoms with Crippen molar-refractivity contribution in [2.45, 2.75) is 6.10 Å². The summed E-state index contributed by atoms with van der Waals surface area (Å²) in [6.07, 6.45) is 3.69. The molecule has 0 spiro atoms. The van der Waals surface area contributed by atoms with E-state index in [9.17, 15) is 14.7 Å². The summed E-state index contributed by atoms with van der Waals surface area (Å²) < 4.78 is 0. The van der Waals surface area contributed by atoms with Crippen LogP contribution in [0.2, 0.25) is 0 Å². The van der Waals surface area contributed by atoms with Crippen LogP contribution in [0.3, 0.4) is 0 Å². The van der Waals surface area contributed by atoms with Crippen molar-refractivity contribution in [3.63, 3.8) is 0 Å². The maximum absolute atomic E-state index is 12.0. The lowest BCUT2D eigenvalue weighted by molar-refractivity contribution is 0.0586. The van der Waals surface area contributed by atoms with Crippen molar-refractivity contribution in [1.29, 1.82) is 0 Å². The van der Waals surface area contributed by atoms with Gasteiger partial charge in [0.1, 0.15) is 0 Å². The number of nitrogens with zero attached hydrogens (tertiary/aromatic N) is 1. The molecule has 1 aromatic rings. The maximum atomic E-state index is 12.0. The van der Waals surface area contributed by atoms with Gasteiger partial charge in [-0.15, -0.1) is 0 Å². The molecule has 0 radical (unpaired) electrons. The summed E-state index contributed by atoms with van der Waals surface area (Å²) in [6.45, 7) is 3.44. The summed E-state index contributed by atoms with van der Waals surface area (Å²) in [5.41, 5.74) is 0.782. The standard InChI is InChI=1S/C14H13NO3/c1-2-3-6-10(16)9-15-13(17)11-7-4-5-8-12(11)14(15)18/h2-8,10,16H,1,9H2. The number of hydrogen-bond acceptors (Lipinski definition) is 3. The van der Waals surface area contributed by atoms with Crippen molar-refractivity contribution in [3.8, 4) is 0 Å². The highest BCUT2D eigenvalue weighted by molar-refractivity contribution is 6.21. The molecule has 0 aliphatic carbocycles. The van der Waals surface area contributed by atoms with Crippen LogP contribution in [0.5, 0.6) is 0 Å². The first-order valence-electron chi connectivity index (χ1n) is 5.57. The lowest BCUT2D eigenvalue weighted by atomic mass is 10.1. The van der Waals surface area contributed by atoms with E-state index in [-0.39, 0.29) is 18.4 Å². The van der Waals surface area contributed by atoms with E-state index in [0.29, 0.717) is 11.1 Å². The van der Waals surface area contributed by atoms with Crippen LogP contribution in [-0.4, -0.2) is 34.5 Å². The number of β-amino-alcohol motifs (C(OH)–C–C–N with tert-alkyl or cyclic N) is 1. The van der Waals surface area contributed by atoms with Crippen molar-refractivity contribution in [3.05, 3.63) is 60.2 Å². The van der Waals surface area contributed by atoms with Crippen LogP contribution in [0.4, 0.5) is 0 Å². The Bertz CT molecular complexity index is 499. The first-order valence-corrected chi connectivity index (χ1v) is 5.57. The van der Waals surface area contributed by atoms with Gasteiger partial charge in [-0.05, 0) is 12.1 Å². The number of amides is 2. The number of rotatable bonds is 4. The molecule has 18 heavy (non-hydrogen) atoms. The van der Waals surface area contributed by atoms with Gasteiger partial charge in [0.2, 0.25) is 0 Å². The van der Waals surface area contributed by atoms with Crippen molar-refractivity contribution in [2.75, 3.05) is 6.54 Å². The molecule has 4 heteroatoms. The quantitative estimate of drug-likeness (QED) is 0.642. The van der Waals surface area contributed by atoms with E-state index in [1.807, 2.05) is 0 Å². The largest absolute Gasteiger partial charge is 0.387 e. The summed E-state index contributed by atoms with van der Waals surface area (Å²) in [5.74, 6) is -0.719. The van der Waals surface area contributed by atoms with Crippen molar-refractivity contribution in [2.24, 2.45) is 0 Å². The molecular weight excluding hydrogens is 230 g/mol. The minimum Gasteiger partial charge on any atom is -0.387 e. The smallest absolute Gasteiger partial charge is 0.261 e. The van der Waals surface area contributed by atoms with Crippen molar-refractivity contribution < 1.29 is 14.7 Å². The molecular formula is C14H13NO3. The van der Waals surface area contributed by atoms with Crippen LogP contribution >= 0.6 is 0 Å². The van der Waals surface area contributed by atoms with Crippen LogP contribution in [0, 0.1) is 0 Å². The molecule has 1 unspecified atom stereocenters. The Hall–Kier alpha value is -2.20. The molecule has 2 rings (SSSR count). The van der Waals surface area contributed by atoms with E-state index >= 15 is 0 Å². The van der Waals surface area contributed by atoms with Crippen LogP contribution in [0.1, 0.15) is 20.7 Å². The van der Waals surface area contributed by atoms with E-state index < -0.39 is 6.10 Å². The highest BCUT2D eigenvalue weighted by atomic mass is 16.3. The molecule has 2 amide bonds. The Kier molecular flexibility index (Phi) is 3.39. The zero-order valence-electron chi connectivity index (χ0n) is 9.74. The van der Waals surface area contributed by atoms with Gasteiger partial charge in [-0.2, -0.15) is 0 Å². The molecule has 1 aliphatic heterocycles. The monoisotopic (exact) mass is 243 g/mol. The predicted octanol–water partition coefficient (Wildman–Crippen LogP) is 1.39. The van der Waals surface area contributed by atoms with Gasteiger partial charge in [0, 0.05) is 0 Å². The molecule has 0 saturated carbocycles. The second-order valence-corrected chi connectivity index (χ2v) is 3.95. The Balaban J connectivity index is 2.18. The van der Waals surface area contributed by atoms with E-state index in [1.165, 1.54) is 12.2 Å². The zero-order valence-corrected chi connectivity index (χ0v) is 9.74. The fraction of sp³-hybridized carbons (Fsp3) is 0.143. The zero-order chi connectivity index (χ0) is 13.1. The number of carbonyl (C=O) groups excluding carboxylic acids is 2. The Morgan fingerprint density at radius 2 is 1.78 bits per heavy atom. The van der Waals surface area contributed by atoms with Crippen LogP contribution < -0.4 is 0 Å². The Morgan fingerprint density at radius 1 is 1.22 bits per heavy atom. The maximum Gasteiger partial charge on any atom is 0.261 e. The molecule has 1 heterocycles. The van der Waals surface area contributed by atoms with Gasteiger partial charge in [0.25, 0.3) is 11.8 Å². The Morgan fingerprint density at radius 3 is 2.28 bits per heavy atom. The van der Waals surface area contributed by atoms with Crippen LogP contribution in [0.25, 0.3) is 0 Å². The third kappa shape index (κ3) is 2.10. The average Bonchev–Trinajstić information content (AvgIpc) is 2.62. The van der Waals surface area contributed by atoms with Gasteiger partial charge in [0.05, 0.1) is 23.8 Å². The third-order valence-electron chi connectivity index (χ3n) is 2.72. The molecule has 0 fully saturated rings. The molecule has 1 aliphatic rings. The van der Waals surface area contributed by atoms with Crippen molar-refractivity contribution in [1.82, 2.24) is 4.90 Å². The first-order chi connectivity index (χ1) is 8.65. The number of allylic oxidation sites excluding steroid dienone is 2. The average molecular weight is 243 g/mol. The molecule has 4 nitrogen and oxygen atoms in total. The minimum atomic E-state index is -0.884. The van der Waals surface area contributed by atoms with Crippen LogP contribution in [-0.2, 0) is 0 Å². The molecule has 1 aromatic carbocycles. The summed E-state index contributed by atoms with van der Waals surface area (Å²) in [5, 5.41) is 9.67. The van der Waals surface area contributed by atoms with E-state index in [0.717, 1.165) is 4.90 Å². The first kappa shape index (κ1) is 12.3. The molecule has 0 saturated heterocycles. The predicted molar refractivity (Wildman–Crippen MR) is 67.2 cm³/mol. The summed E-state index contributed by atoms with van der Waals surface area (Å²) in [4.78, 5) is 25.0.